The zero-order valence-electron chi connectivity index (χ0n) is 9.71. The zero-order chi connectivity index (χ0) is 13.0. The van der Waals surface area contributed by atoms with Crippen LogP contribution in [0, 0.1) is 0 Å². The van der Waals surface area contributed by atoms with Gasteiger partial charge in [-0.3, -0.25) is 0 Å². The fourth-order valence-corrected chi connectivity index (χ4v) is 3.05. The summed E-state index contributed by atoms with van der Waals surface area (Å²) >= 11 is 0. The van der Waals surface area contributed by atoms with Gasteiger partial charge in [0.05, 0.1) is 4.90 Å². The van der Waals surface area contributed by atoms with Crippen molar-refractivity contribution in [1.82, 2.24) is 0 Å². The summed E-state index contributed by atoms with van der Waals surface area (Å²) in [4.78, 5) is 0.356. The molecule has 0 aliphatic rings. The van der Waals surface area contributed by atoms with Crippen LogP contribution in [-0.4, -0.2) is 8.42 Å². The van der Waals surface area contributed by atoms with Crippen LogP contribution in [0.1, 0.15) is 5.56 Å². The van der Waals surface area contributed by atoms with Crippen LogP contribution < -0.4 is 0 Å². The van der Waals surface area contributed by atoms with E-state index in [1.54, 1.807) is 54.6 Å². The molecule has 0 radical (unpaired) electrons. The maximum Gasteiger partial charge on any atom is 0.214 e. The Morgan fingerprint density at radius 3 is 1.89 bits per heavy atom. The summed E-state index contributed by atoms with van der Waals surface area (Å²) in [6, 6.07) is 17.2. The monoisotopic (exact) mass is 256 g/mol. The van der Waals surface area contributed by atoms with Gasteiger partial charge in [0.25, 0.3) is 0 Å². The molecule has 0 saturated heterocycles. The third-order valence-corrected chi connectivity index (χ3v) is 4.33. The van der Waals surface area contributed by atoms with E-state index >= 15 is 0 Å². The first-order valence-corrected chi connectivity index (χ1v) is 6.90. The van der Waals surface area contributed by atoms with E-state index in [0.29, 0.717) is 5.56 Å². The fraction of sp³-hybridized carbons (Fsp3) is 0. The first-order valence-electron chi connectivity index (χ1n) is 5.42. The molecule has 0 saturated carbocycles. The molecule has 0 amide bonds. The second kappa shape index (κ2) is 5.05. The van der Waals surface area contributed by atoms with Gasteiger partial charge in [-0.15, -0.1) is 5.73 Å². The van der Waals surface area contributed by atoms with Crippen LogP contribution in [0.4, 0.5) is 0 Å². The zero-order valence-corrected chi connectivity index (χ0v) is 10.5. The van der Waals surface area contributed by atoms with Gasteiger partial charge in [-0.05, 0) is 12.1 Å². The molecule has 0 aromatic heterocycles. The molecule has 18 heavy (non-hydrogen) atoms. The summed E-state index contributed by atoms with van der Waals surface area (Å²) in [6.07, 6.45) is 0. The van der Waals surface area contributed by atoms with Crippen molar-refractivity contribution >= 4 is 14.7 Å². The molecule has 0 aliphatic carbocycles. The highest BCUT2D eigenvalue weighted by atomic mass is 32.2. The van der Waals surface area contributed by atoms with Crippen LogP contribution in [0.5, 0.6) is 0 Å². The largest absolute Gasteiger partial charge is 0.218 e. The molecule has 2 aromatic rings. The van der Waals surface area contributed by atoms with Crippen molar-refractivity contribution in [1.29, 1.82) is 0 Å². The van der Waals surface area contributed by atoms with Gasteiger partial charge in [0.2, 0.25) is 9.84 Å². The predicted molar refractivity (Wildman–Crippen MR) is 72.6 cm³/mol. The minimum Gasteiger partial charge on any atom is -0.218 e. The molecule has 0 fully saturated rings. The topological polar surface area (TPSA) is 34.1 Å². The number of hydrogen-bond donors (Lipinski definition) is 0. The Morgan fingerprint density at radius 1 is 0.889 bits per heavy atom. The Morgan fingerprint density at radius 2 is 1.39 bits per heavy atom. The van der Waals surface area contributed by atoms with Crippen LogP contribution in [0.25, 0.3) is 4.91 Å². The lowest BCUT2D eigenvalue weighted by molar-refractivity contribution is 0.606. The third-order valence-electron chi connectivity index (χ3n) is 2.52. The molecule has 0 spiro atoms. The molecular weight excluding hydrogens is 244 g/mol. The quantitative estimate of drug-likeness (QED) is 0.790. The second-order valence-electron chi connectivity index (χ2n) is 3.69. The Bertz CT molecular complexity index is 680. The van der Waals surface area contributed by atoms with Crippen molar-refractivity contribution in [2.45, 2.75) is 4.90 Å². The highest BCUT2D eigenvalue weighted by molar-refractivity contribution is 8.00. The van der Waals surface area contributed by atoms with Gasteiger partial charge in [-0.2, -0.15) is 0 Å². The van der Waals surface area contributed by atoms with E-state index in [0.717, 1.165) is 0 Å². The van der Waals surface area contributed by atoms with Crippen molar-refractivity contribution in [2.75, 3.05) is 0 Å². The van der Waals surface area contributed by atoms with Crippen molar-refractivity contribution in [2.24, 2.45) is 0 Å². The van der Waals surface area contributed by atoms with Gasteiger partial charge >= 0.3 is 0 Å². The van der Waals surface area contributed by atoms with Crippen LogP contribution in [-0.2, 0) is 9.84 Å². The molecule has 3 heteroatoms. The van der Waals surface area contributed by atoms with Crippen LogP contribution in [0.2, 0.25) is 0 Å². The van der Waals surface area contributed by atoms with E-state index in [9.17, 15) is 8.42 Å². The van der Waals surface area contributed by atoms with E-state index in [1.807, 2.05) is 6.07 Å². The highest BCUT2D eigenvalue weighted by Gasteiger charge is 2.21. The number of hydrogen-bond acceptors (Lipinski definition) is 2. The summed E-state index contributed by atoms with van der Waals surface area (Å²) in [5, 5.41) is 0. The Labute approximate surface area is 107 Å². The normalized spacial score (nSPS) is 10.7. The van der Waals surface area contributed by atoms with E-state index in [2.05, 4.69) is 12.3 Å². The molecular formula is C15H12O2S. The van der Waals surface area contributed by atoms with Crippen LogP contribution >= 0.6 is 0 Å². The fourth-order valence-electron chi connectivity index (χ4n) is 1.66. The molecule has 2 nitrogen and oxygen atoms in total. The average Bonchev–Trinajstić information content (AvgIpc) is 2.41. The maximum absolute atomic E-state index is 12.4. The first-order chi connectivity index (χ1) is 8.66. The lowest BCUT2D eigenvalue weighted by Crippen LogP contribution is -2.03. The highest BCUT2D eigenvalue weighted by Crippen LogP contribution is 2.26. The lowest BCUT2D eigenvalue weighted by atomic mass is 10.2. The molecule has 0 bridgehead atoms. The van der Waals surface area contributed by atoms with Gasteiger partial charge in [0.15, 0.2) is 0 Å². The van der Waals surface area contributed by atoms with Crippen LogP contribution in [0.15, 0.2) is 77.9 Å². The Balaban J connectivity index is 2.58. The molecule has 0 aliphatic heterocycles. The molecule has 0 unspecified atom stereocenters. The first kappa shape index (κ1) is 12.4. The summed E-state index contributed by atoms with van der Waals surface area (Å²) in [5.41, 5.74) is 3.13. The summed E-state index contributed by atoms with van der Waals surface area (Å²) in [6.45, 7) is 3.49. The van der Waals surface area contributed by atoms with Crippen molar-refractivity contribution in [3.05, 3.63) is 78.5 Å². The van der Waals surface area contributed by atoms with Crippen molar-refractivity contribution in [3.8, 4) is 0 Å². The lowest BCUT2D eigenvalue weighted by Gasteiger charge is -2.07. The molecule has 2 rings (SSSR count). The second-order valence-corrected chi connectivity index (χ2v) is 5.57. The number of sulfone groups is 1. The van der Waals surface area contributed by atoms with Crippen LogP contribution in [0.3, 0.4) is 0 Å². The molecule has 0 atom stereocenters. The van der Waals surface area contributed by atoms with E-state index in [1.165, 1.54) is 0 Å². The number of rotatable bonds is 3. The third kappa shape index (κ3) is 2.28. The summed E-state index contributed by atoms with van der Waals surface area (Å²) in [7, 11) is -3.56. The molecule has 0 N–H and O–H groups in total. The number of benzene rings is 2. The predicted octanol–water partition coefficient (Wildman–Crippen LogP) is 3.29. The summed E-state index contributed by atoms with van der Waals surface area (Å²) < 4.78 is 24.8. The van der Waals surface area contributed by atoms with E-state index in [4.69, 9.17) is 0 Å². The van der Waals surface area contributed by atoms with Gasteiger partial charge < -0.3 is 0 Å². The minimum absolute atomic E-state index is 0.106. The molecule has 2 aromatic carbocycles. The van der Waals surface area contributed by atoms with Crippen molar-refractivity contribution in [3.63, 3.8) is 0 Å². The van der Waals surface area contributed by atoms with E-state index < -0.39 is 9.84 Å². The SMILES string of the molecule is C=C=C(c1ccccc1)S(=O)(=O)c1ccccc1. The summed E-state index contributed by atoms with van der Waals surface area (Å²) in [5.74, 6) is 0. The Kier molecular flexibility index (Phi) is 3.47. The molecule has 90 valence electrons. The Hall–Kier alpha value is -2.09. The molecule has 0 heterocycles. The van der Waals surface area contributed by atoms with E-state index in [-0.39, 0.29) is 9.80 Å². The smallest absolute Gasteiger partial charge is 0.214 e. The van der Waals surface area contributed by atoms with Gasteiger partial charge in [0, 0.05) is 5.56 Å². The standard InChI is InChI=1S/C15H12O2S/c1-2-15(13-9-5-3-6-10-13)18(16,17)14-11-7-4-8-12-14/h3-12H,1H2. The van der Waals surface area contributed by atoms with Gasteiger partial charge in [-0.25, -0.2) is 8.42 Å². The van der Waals surface area contributed by atoms with Crippen molar-refractivity contribution < 1.29 is 8.42 Å². The van der Waals surface area contributed by atoms with Gasteiger partial charge in [-0.1, -0.05) is 55.1 Å². The van der Waals surface area contributed by atoms with Gasteiger partial charge in [0.1, 0.15) is 4.91 Å². The minimum atomic E-state index is -3.56. The average molecular weight is 256 g/mol. The maximum atomic E-state index is 12.4.